The molecule has 35 heavy (non-hydrogen) atoms. The fraction of sp³-hybridized carbons (Fsp3) is 0.194. The van der Waals surface area contributed by atoms with Crippen molar-refractivity contribution in [2.45, 2.75) is 39.5 Å². The van der Waals surface area contributed by atoms with Gasteiger partial charge < -0.3 is 0 Å². The van der Waals surface area contributed by atoms with Crippen LogP contribution in [0.25, 0.3) is 0 Å². The van der Waals surface area contributed by atoms with E-state index in [0.29, 0.717) is 11.8 Å². The molecule has 0 amide bonds. The number of nitrogens with zero attached hydrogens (tertiary/aromatic N) is 1. The van der Waals surface area contributed by atoms with Crippen molar-refractivity contribution in [3.63, 3.8) is 0 Å². The van der Waals surface area contributed by atoms with Gasteiger partial charge in [-0.15, -0.1) is 0 Å². The Labute approximate surface area is 247 Å². The predicted octanol–water partition coefficient (Wildman–Crippen LogP) is 6.06. The molecule has 0 fully saturated rings. The second kappa shape index (κ2) is 17.8. The number of rotatable bonds is 4. The average molecular weight is 786 g/mol. The molecule has 0 saturated heterocycles. The van der Waals surface area contributed by atoms with Gasteiger partial charge in [0.05, 0.1) is 5.69 Å². The first-order valence-corrected chi connectivity index (χ1v) is 13.2. The fourth-order valence-electron chi connectivity index (χ4n) is 3.12. The van der Waals surface area contributed by atoms with Crippen LogP contribution >= 0.6 is 0 Å². The van der Waals surface area contributed by atoms with Crippen molar-refractivity contribution in [3.8, 4) is 0 Å². The van der Waals surface area contributed by atoms with Gasteiger partial charge in [-0.3, -0.25) is 4.99 Å². The molecule has 0 aliphatic rings. The summed E-state index contributed by atoms with van der Waals surface area (Å²) in [6, 6.07) is 37.7. The molecule has 0 aliphatic heterocycles. The minimum absolute atomic E-state index is 0. The van der Waals surface area contributed by atoms with Gasteiger partial charge in [0.1, 0.15) is 0 Å². The van der Waals surface area contributed by atoms with Gasteiger partial charge in [0.15, 0.2) is 0 Å². The van der Waals surface area contributed by atoms with Gasteiger partial charge in [-0.05, 0) is 29.0 Å². The summed E-state index contributed by atoms with van der Waals surface area (Å²) in [5.41, 5.74) is 4.75. The van der Waals surface area contributed by atoms with Crippen molar-refractivity contribution in [1.29, 1.82) is 0 Å². The van der Waals surface area contributed by atoms with Crippen molar-refractivity contribution in [2.75, 3.05) is 0 Å². The molecule has 0 aliphatic carbocycles. The van der Waals surface area contributed by atoms with Gasteiger partial charge in [0, 0.05) is 11.8 Å². The van der Waals surface area contributed by atoms with E-state index in [-0.39, 0.29) is 26.2 Å². The number of hydrogen-bond donors (Lipinski definition) is 0. The summed E-state index contributed by atoms with van der Waals surface area (Å²) < 4.78 is 2.39. The van der Waals surface area contributed by atoms with E-state index in [1.54, 1.807) is 0 Å². The normalized spacial score (nSPS) is 10.1. The maximum absolute atomic E-state index is 4.76. The summed E-state index contributed by atoms with van der Waals surface area (Å²) in [6.07, 6.45) is 1.91. The fourth-order valence-corrected chi connectivity index (χ4v) is 3.78. The van der Waals surface area contributed by atoms with Gasteiger partial charge in [-0.25, -0.2) is 0 Å². The molecule has 0 spiro atoms. The van der Waals surface area contributed by atoms with E-state index in [2.05, 4.69) is 84.0 Å². The number of hydrogen-bond acceptors (Lipinski definition) is 1. The van der Waals surface area contributed by atoms with Crippen LogP contribution in [-0.4, -0.2) is 64.4 Å². The molecule has 0 aromatic heterocycles. The summed E-state index contributed by atoms with van der Waals surface area (Å²) in [5, 5.41) is 0. The molecular formula is C31H32BiNSe2. The molecule has 4 aromatic carbocycles. The molecular weight excluding hydrogens is 753 g/mol. The topological polar surface area (TPSA) is 12.4 Å². The molecule has 0 unspecified atom stereocenters. The molecule has 4 radical (unpaired) electrons. The van der Waals surface area contributed by atoms with Crippen LogP contribution < -0.4 is 8.92 Å². The standard InChI is InChI=1S/C19H22N.2C6H6Se.Bi/c1-14(2)17-11-8-12-18(15(3)4)19(17)20-13-16-9-6-5-7-10-16;2*7-6-4-2-1-3-5-6;/h5-9,11-15H,1-4H3;2*1-5,7H;/q;;;+2/p-2. The number of benzene rings is 4. The van der Waals surface area contributed by atoms with Crippen LogP contribution in [0.1, 0.15) is 56.2 Å². The molecule has 4 heteroatoms. The molecule has 4 aromatic rings. The zero-order valence-electron chi connectivity index (χ0n) is 20.8. The Bertz CT molecular complexity index is 1050. The van der Waals surface area contributed by atoms with E-state index in [9.17, 15) is 0 Å². The molecule has 1 nitrogen and oxygen atoms in total. The average Bonchev–Trinajstić information content (AvgIpc) is 2.85. The predicted molar refractivity (Wildman–Crippen MR) is 157 cm³/mol. The Kier molecular flexibility index (Phi) is 16.0. The summed E-state index contributed by atoms with van der Waals surface area (Å²) in [5.74, 6) is 0.946. The second-order valence-corrected chi connectivity index (χ2v) is 10.3. The summed E-state index contributed by atoms with van der Waals surface area (Å²) >= 11 is 5.80. The summed E-state index contributed by atoms with van der Waals surface area (Å²) in [7, 11) is 0. The molecule has 0 atom stereocenters. The first-order chi connectivity index (χ1) is 16.4. The molecule has 0 bridgehead atoms. The summed E-state index contributed by atoms with van der Waals surface area (Å²) in [6.45, 7) is 8.86. The Morgan fingerprint density at radius 2 is 1.09 bits per heavy atom. The van der Waals surface area contributed by atoms with Crippen LogP contribution in [0.2, 0.25) is 0 Å². The van der Waals surface area contributed by atoms with E-state index in [0.717, 1.165) is 11.3 Å². The molecule has 0 heterocycles. The van der Waals surface area contributed by atoms with Crippen LogP contribution in [0.5, 0.6) is 0 Å². The summed E-state index contributed by atoms with van der Waals surface area (Å²) in [4.78, 5) is 4.76. The first kappa shape index (κ1) is 31.5. The van der Waals surface area contributed by atoms with E-state index < -0.39 is 0 Å². The third-order valence-electron chi connectivity index (χ3n) is 4.89. The third kappa shape index (κ3) is 12.3. The monoisotopic (exact) mass is 787 g/mol. The minimum atomic E-state index is 0. The zero-order chi connectivity index (χ0) is 24.8. The van der Waals surface area contributed by atoms with Crippen LogP contribution in [0.4, 0.5) is 5.69 Å². The van der Waals surface area contributed by atoms with Crippen molar-refractivity contribution >= 4 is 79.1 Å². The molecule has 0 N–H and O–H groups in total. The van der Waals surface area contributed by atoms with Crippen molar-refractivity contribution in [3.05, 3.63) is 126 Å². The van der Waals surface area contributed by atoms with E-state index >= 15 is 0 Å². The van der Waals surface area contributed by atoms with Crippen molar-refractivity contribution in [1.82, 2.24) is 0 Å². The Balaban J connectivity index is 0.000000332. The van der Waals surface area contributed by atoms with Crippen LogP contribution in [0.3, 0.4) is 0 Å². The van der Waals surface area contributed by atoms with Crippen molar-refractivity contribution in [2.24, 2.45) is 4.99 Å². The van der Waals surface area contributed by atoms with Gasteiger partial charge in [0.2, 0.25) is 0 Å². The van der Waals surface area contributed by atoms with Crippen LogP contribution in [0.15, 0.2) is 108 Å². The van der Waals surface area contributed by atoms with E-state index in [1.165, 1.54) is 20.1 Å². The Hall–Kier alpha value is -1.53. The number of aliphatic imine (C=N–C) groups is 1. The van der Waals surface area contributed by atoms with Gasteiger partial charge in [-0.1, -0.05) is 70.2 Å². The SMILES string of the molecule is CC(C)c1cccc(C(C)C)c1N=Cc1[c]cccc1.[Bi+2].[Se-]c1ccccc1.[Se-]c1ccccc1. The molecule has 4 rings (SSSR count). The zero-order valence-corrected chi connectivity index (χ0v) is 27.7. The third-order valence-corrected chi connectivity index (χ3v) is 6.04. The van der Waals surface area contributed by atoms with E-state index in [1.807, 2.05) is 91.1 Å². The number of para-hydroxylation sites is 1. The van der Waals surface area contributed by atoms with Gasteiger partial charge in [0.25, 0.3) is 0 Å². The Morgan fingerprint density at radius 3 is 1.43 bits per heavy atom. The van der Waals surface area contributed by atoms with Crippen LogP contribution in [-0.2, 0) is 0 Å². The van der Waals surface area contributed by atoms with Gasteiger partial charge in [-0.2, -0.15) is 0 Å². The van der Waals surface area contributed by atoms with E-state index in [4.69, 9.17) is 4.99 Å². The molecule has 0 saturated carbocycles. The van der Waals surface area contributed by atoms with Gasteiger partial charge >= 0.3 is 128 Å². The quantitative estimate of drug-likeness (QED) is 0.176. The van der Waals surface area contributed by atoms with Crippen LogP contribution in [0, 0.1) is 6.07 Å². The first-order valence-electron chi connectivity index (χ1n) is 11.5. The van der Waals surface area contributed by atoms with Crippen molar-refractivity contribution < 1.29 is 0 Å². The Morgan fingerprint density at radius 1 is 0.629 bits per heavy atom. The second-order valence-electron chi connectivity index (χ2n) is 8.30. The molecule has 178 valence electrons. The maximum atomic E-state index is 4.76.